The van der Waals surface area contributed by atoms with E-state index in [-0.39, 0.29) is 6.61 Å². The van der Waals surface area contributed by atoms with Gasteiger partial charge in [0.25, 0.3) is 0 Å². The Hall–Kier alpha value is -1.50. The Kier molecular flexibility index (Phi) is 4.94. The van der Waals surface area contributed by atoms with Crippen molar-refractivity contribution in [1.82, 2.24) is 24.2 Å². The number of aromatic nitrogens is 3. The Bertz CT molecular complexity index is 660. The van der Waals surface area contributed by atoms with Crippen molar-refractivity contribution in [2.45, 2.75) is 39.3 Å². The molecule has 0 atom stereocenters. The third kappa shape index (κ3) is 3.54. The van der Waals surface area contributed by atoms with E-state index in [2.05, 4.69) is 44.2 Å². The van der Waals surface area contributed by atoms with Crippen LogP contribution in [0.3, 0.4) is 0 Å². The van der Waals surface area contributed by atoms with E-state index in [1.807, 2.05) is 13.1 Å². The van der Waals surface area contributed by atoms with Crippen molar-refractivity contribution >= 4 is 5.78 Å². The molecular formula is C17H27N5O. The Balaban J connectivity index is 1.83. The zero-order valence-electron chi connectivity index (χ0n) is 14.4. The molecule has 1 fully saturated rings. The first-order valence-electron chi connectivity index (χ1n) is 8.42. The Morgan fingerprint density at radius 2 is 2.04 bits per heavy atom. The third-order valence-electron chi connectivity index (χ3n) is 4.82. The summed E-state index contributed by atoms with van der Waals surface area (Å²) in [6.45, 7) is 8.05. The lowest BCUT2D eigenvalue weighted by Crippen LogP contribution is -2.44. The summed E-state index contributed by atoms with van der Waals surface area (Å²) in [5.74, 6) is 0.768. The minimum absolute atomic E-state index is 0.194. The van der Waals surface area contributed by atoms with E-state index in [0.717, 1.165) is 55.3 Å². The fourth-order valence-corrected chi connectivity index (χ4v) is 3.60. The lowest BCUT2D eigenvalue weighted by atomic mass is 10.0. The van der Waals surface area contributed by atoms with Crippen LogP contribution in [0.5, 0.6) is 0 Å². The Morgan fingerprint density at radius 3 is 2.74 bits per heavy atom. The molecule has 0 radical (unpaired) electrons. The summed E-state index contributed by atoms with van der Waals surface area (Å²) in [6.07, 6.45) is 4.24. The van der Waals surface area contributed by atoms with Crippen LogP contribution >= 0.6 is 0 Å². The average molecular weight is 317 g/mol. The van der Waals surface area contributed by atoms with Crippen LogP contribution in [0.1, 0.15) is 29.9 Å². The second-order valence-corrected chi connectivity index (χ2v) is 6.65. The smallest absolute Gasteiger partial charge is 0.234 e. The van der Waals surface area contributed by atoms with Gasteiger partial charge in [0.2, 0.25) is 5.78 Å². The summed E-state index contributed by atoms with van der Waals surface area (Å²) in [4.78, 5) is 13.7. The maximum absolute atomic E-state index is 9.47. The molecule has 0 saturated carbocycles. The number of aliphatic hydroxyl groups excluding tert-OH is 1. The predicted octanol–water partition coefficient (Wildman–Crippen LogP) is 1.23. The van der Waals surface area contributed by atoms with Crippen molar-refractivity contribution < 1.29 is 5.11 Å². The van der Waals surface area contributed by atoms with Crippen molar-refractivity contribution in [2.75, 3.05) is 33.3 Å². The number of hydrogen-bond acceptors (Lipinski definition) is 5. The van der Waals surface area contributed by atoms with Gasteiger partial charge in [-0.2, -0.15) is 0 Å². The van der Waals surface area contributed by atoms with Crippen LogP contribution in [0.2, 0.25) is 0 Å². The van der Waals surface area contributed by atoms with Gasteiger partial charge in [-0.15, -0.1) is 0 Å². The lowest BCUT2D eigenvalue weighted by Gasteiger charge is -2.37. The molecule has 0 spiro atoms. The van der Waals surface area contributed by atoms with E-state index in [0.29, 0.717) is 12.6 Å². The number of piperidine rings is 1. The van der Waals surface area contributed by atoms with Crippen LogP contribution in [-0.4, -0.2) is 68.6 Å². The zero-order valence-corrected chi connectivity index (χ0v) is 14.4. The summed E-state index contributed by atoms with van der Waals surface area (Å²) in [7, 11) is 2.18. The molecule has 2 aromatic rings. The average Bonchev–Trinajstić information content (AvgIpc) is 2.90. The molecule has 0 aromatic carbocycles. The Morgan fingerprint density at radius 1 is 1.30 bits per heavy atom. The summed E-state index contributed by atoms with van der Waals surface area (Å²) < 4.78 is 2.13. The minimum atomic E-state index is 0.194. The van der Waals surface area contributed by atoms with Gasteiger partial charge in [-0.3, -0.25) is 9.30 Å². The highest BCUT2D eigenvalue weighted by atomic mass is 16.3. The van der Waals surface area contributed by atoms with Crippen LogP contribution in [0.25, 0.3) is 5.78 Å². The van der Waals surface area contributed by atoms with Gasteiger partial charge in [0, 0.05) is 30.5 Å². The third-order valence-corrected chi connectivity index (χ3v) is 4.82. The molecular weight excluding hydrogens is 290 g/mol. The van der Waals surface area contributed by atoms with E-state index in [1.54, 1.807) is 0 Å². The molecule has 23 heavy (non-hydrogen) atoms. The lowest BCUT2D eigenvalue weighted by molar-refractivity contribution is 0.0928. The van der Waals surface area contributed by atoms with Gasteiger partial charge in [0.15, 0.2) is 0 Å². The zero-order chi connectivity index (χ0) is 16.4. The van der Waals surface area contributed by atoms with Crippen molar-refractivity contribution in [3.63, 3.8) is 0 Å². The number of rotatable bonds is 5. The first kappa shape index (κ1) is 16.4. The Labute approximate surface area is 137 Å². The molecule has 1 saturated heterocycles. The first-order chi connectivity index (χ1) is 11.1. The molecule has 0 amide bonds. The van der Waals surface area contributed by atoms with Gasteiger partial charge >= 0.3 is 0 Å². The van der Waals surface area contributed by atoms with E-state index >= 15 is 0 Å². The van der Waals surface area contributed by atoms with Gasteiger partial charge in [0.1, 0.15) is 0 Å². The molecule has 126 valence electrons. The molecule has 1 aliphatic rings. The van der Waals surface area contributed by atoms with Gasteiger partial charge in [-0.25, -0.2) is 9.97 Å². The number of aryl methyl sites for hydroxylation is 2. The van der Waals surface area contributed by atoms with Crippen molar-refractivity contribution in [3.05, 3.63) is 29.3 Å². The van der Waals surface area contributed by atoms with Gasteiger partial charge in [-0.05, 0) is 52.9 Å². The molecule has 6 heteroatoms. The number of hydrogen-bond donors (Lipinski definition) is 1. The first-order valence-corrected chi connectivity index (χ1v) is 8.42. The summed E-state index contributed by atoms with van der Waals surface area (Å²) in [5, 5.41) is 9.47. The minimum Gasteiger partial charge on any atom is -0.395 e. The summed E-state index contributed by atoms with van der Waals surface area (Å²) >= 11 is 0. The predicted molar refractivity (Wildman–Crippen MR) is 90.5 cm³/mol. The maximum atomic E-state index is 9.47. The number of likely N-dealkylation sites (tertiary alicyclic amines) is 1. The highest BCUT2D eigenvalue weighted by molar-refractivity contribution is 5.35. The van der Waals surface area contributed by atoms with Gasteiger partial charge in [-0.1, -0.05) is 0 Å². The topological polar surface area (TPSA) is 56.9 Å². The molecule has 1 N–H and O–H groups in total. The summed E-state index contributed by atoms with van der Waals surface area (Å²) in [5.41, 5.74) is 3.30. The molecule has 0 unspecified atom stereocenters. The van der Waals surface area contributed by atoms with Crippen LogP contribution in [0.15, 0.2) is 12.3 Å². The highest BCUT2D eigenvalue weighted by Crippen LogP contribution is 2.19. The quantitative estimate of drug-likeness (QED) is 0.899. The number of nitrogens with zero attached hydrogens (tertiary/aromatic N) is 5. The van der Waals surface area contributed by atoms with E-state index in [1.165, 1.54) is 0 Å². The maximum Gasteiger partial charge on any atom is 0.234 e. The van der Waals surface area contributed by atoms with Crippen LogP contribution < -0.4 is 0 Å². The van der Waals surface area contributed by atoms with Gasteiger partial charge in [0.05, 0.1) is 18.5 Å². The van der Waals surface area contributed by atoms with Crippen molar-refractivity contribution in [3.8, 4) is 0 Å². The molecule has 3 heterocycles. The monoisotopic (exact) mass is 317 g/mol. The number of aliphatic hydroxyl groups is 1. The number of fused-ring (bicyclic) bond motifs is 1. The van der Waals surface area contributed by atoms with E-state index in [4.69, 9.17) is 0 Å². The second-order valence-electron chi connectivity index (χ2n) is 6.65. The fourth-order valence-electron chi connectivity index (χ4n) is 3.60. The van der Waals surface area contributed by atoms with E-state index < -0.39 is 0 Å². The molecule has 2 aromatic heterocycles. The standard InChI is InChI=1S/C17H27N5O/c1-13-10-14(2)22-16(11-18-17(22)19-13)12-21(8-9-23)15-4-6-20(3)7-5-15/h10-11,15,23H,4-9,12H2,1-3H3. The van der Waals surface area contributed by atoms with Crippen molar-refractivity contribution in [2.24, 2.45) is 0 Å². The largest absolute Gasteiger partial charge is 0.395 e. The second kappa shape index (κ2) is 6.95. The van der Waals surface area contributed by atoms with Crippen molar-refractivity contribution in [1.29, 1.82) is 0 Å². The number of imidazole rings is 1. The SMILES string of the molecule is Cc1cc(C)n2c(CN(CCO)C3CCN(C)CC3)cnc2n1. The van der Waals surface area contributed by atoms with Crippen LogP contribution in [0.4, 0.5) is 0 Å². The fraction of sp³-hybridized carbons (Fsp3) is 0.647. The van der Waals surface area contributed by atoms with Crippen LogP contribution in [-0.2, 0) is 6.54 Å². The van der Waals surface area contributed by atoms with Crippen LogP contribution in [0, 0.1) is 13.8 Å². The summed E-state index contributed by atoms with van der Waals surface area (Å²) in [6, 6.07) is 2.62. The highest BCUT2D eigenvalue weighted by Gasteiger charge is 2.24. The normalized spacial score (nSPS) is 17.4. The van der Waals surface area contributed by atoms with Gasteiger partial charge < -0.3 is 10.0 Å². The molecule has 3 rings (SSSR count). The molecule has 6 nitrogen and oxygen atoms in total. The van der Waals surface area contributed by atoms with E-state index in [9.17, 15) is 5.11 Å². The molecule has 1 aliphatic heterocycles. The molecule has 0 aliphatic carbocycles. The molecule has 0 bridgehead atoms.